The number of amides is 1. The number of carbonyl (C=O) groups excluding carboxylic acids is 1. The first-order chi connectivity index (χ1) is 8.83. The Hall–Kier alpha value is -1.30. The highest BCUT2D eigenvalue weighted by Gasteiger charge is 2.43. The second-order valence-electron chi connectivity index (χ2n) is 4.56. The van der Waals surface area contributed by atoms with Gasteiger partial charge in [-0.15, -0.1) is 0 Å². The molecule has 0 bridgehead atoms. The molecule has 0 saturated carbocycles. The van der Waals surface area contributed by atoms with Crippen LogP contribution in [-0.2, 0) is 4.79 Å². The first kappa shape index (κ1) is 14.1. The predicted molar refractivity (Wildman–Crippen MR) is 71.5 cm³/mol. The maximum Gasteiger partial charge on any atom is 0.325 e. The largest absolute Gasteiger partial charge is 0.480 e. The molecule has 1 aromatic rings. The highest BCUT2D eigenvalue weighted by molar-refractivity contribution is 6.36. The van der Waals surface area contributed by atoms with E-state index in [0.717, 1.165) is 0 Å². The van der Waals surface area contributed by atoms with Crippen molar-refractivity contribution in [2.75, 3.05) is 13.1 Å². The third kappa shape index (κ3) is 2.68. The summed E-state index contributed by atoms with van der Waals surface area (Å²) in [5.74, 6) is -1.44. The zero-order valence-electron chi connectivity index (χ0n) is 9.90. The van der Waals surface area contributed by atoms with Gasteiger partial charge in [-0.2, -0.15) is 0 Å². The Balaban J connectivity index is 2.20. The fraction of sp³-hybridized carbons (Fsp3) is 0.333. The number of hydrogen-bond acceptors (Lipinski definition) is 3. The lowest BCUT2D eigenvalue weighted by atomic mass is 10.0. The first-order valence-electron chi connectivity index (χ1n) is 5.60. The number of benzene rings is 1. The van der Waals surface area contributed by atoms with E-state index < -0.39 is 11.5 Å². The molecular weight excluding hydrogens is 291 g/mol. The minimum Gasteiger partial charge on any atom is -0.480 e. The third-order valence-electron chi connectivity index (χ3n) is 3.18. The maximum atomic E-state index is 12.2. The third-order valence-corrected chi connectivity index (χ3v) is 3.72. The van der Waals surface area contributed by atoms with E-state index in [0.29, 0.717) is 17.1 Å². The minimum absolute atomic E-state index is 0.0277. The summed E-state index contributed by atoms with van der Waals surface area (Å²) < 4.78 is 0. The average molecular weight is 303 g/mol. The van der Waals surface area contributed by atoms with Crippen molar-refractivity contribution in [2.45, 2.75) is 12.0 Å². The lowest BCUT2D eigenvalue weighted by molar-refractivity contribution is -0.142. The summed E-state index contributed by atoms with van der Waals surface area (Å²) in [6.45, 7) is 0.265. The highest BCUT2D eigenvalue weighted by atomic mass is 35.5. The Labute approximate surface area is 119 Å². The quantitative estimate of drug-likeness (QED) is 0.869. The standard InChI is InChI=1S/C12H12Cl2N2O3/c13-7-1-2-8(9(14)5-7)10(17)16-4-3-12(15,6-16)11(18)19/h1-2,5H,3-4,6,15H2,(H,18,19). The van der Waals surface area contributed by atoms with Crippen molar-refractivity contribution in [1.82, 2.24) is 4.90 Å². The van der Waals surface area contributed by atoms with Gasteiger partial charge in [-0.05, 0) is 24.6 Å². The fourth-order valence-corrected chi connectivity index (χ4v) is 2.50. The van der Waals surface area contributed by atoms with Gasteiger partial charge in [-0.25, -0.2) is 0 Å². The predicted octanol–water partition coefficient (Wildman–Crippen LogP) is 1.62. The topological polar surface area (TPSA) is 83.6 Å². The van der Waals surface area contributed by atoms with E-state index in [2.05, 4.69) is 0 Å². The van der Waals surface area contributed by atoms with E-state index in [9.17, 15) is 9.59 Å². The molecule has 0 spiro atoms. The molecule has 0 aromatic heterocycles. The molecule has 1 heterocycles. The van der Waals surface area contributed by atoms with Gasteiger partial charge in [-0.3, -0.25) is 9.59 Å². The van der Waals surface area contributed by atoms with Crippen molar-refractivity contribution in [2.24, 2.45) is 5.73 Å². The molecule has 5 nitrogen and oxygen atoms in total. The summed E-state index contributed by atoms with van der Waals surface area (Å²) in [6.07, 6.45) is 0.222. The van der Waals surface area contributed by atoms with Crippen molar-refractivity contribution in [3.8, 4) is 0 Å². The van der Waals surface area contributed by atoms with Crippen molar-refractivity contribution in [1.29, 1.82) is 0 Å². The number of rotatable bonds is 2. The van der Waals surface area contributed by atoms with Crippen LogP contribution >= 0.6 is 23.2 Å². The van der Waals surface area contributed by atoms with Crippen LogP contribution in [0.25, 0.3) is 0 Å². The van der Waals surface area contributed by atoms with E-state index in [4.69, 9.17) is 34.0 Å². The lowest BCUT2D eigenvalue weighted by Gasteiger charge is -2.20. The van der Waals surface area contributed by atoms with Crippen molar-refractivity contribution >= 4 is 35.1 Å². The zero-order chi connectivity index (χ0) is 14.2. The molecule has 0 radical (unpaired) electrons. The van der Waals surface area contributed by atoms with Crippen LogP contribution in [0, 0.1) is 0 Å². The molecule has 2 rings (SSSR count). The summed E-state index contributed by atoms with van der Waals surface area (Å²) in [5.41, 5.74) is 4.63. The van der Waals surface area contributed by atoms with Crippen LogP contribution < -0.4 is 5.73 Å². The monoisotopic (exact) mass is 302 g/mol. The van der Waals surface area contributed by atoms with Crippen LogP contribution in [0.1, 0.15) is 16.8 Å². The number of aliphatic carboxylic acids is 1. The Kier molecular flexibility index (Phi) is 3.71. The van der Waals surface area contributed by atoms with Crippen molar-refractivity contribution in [3.05, 3.63) is 33.8 Å². The number of hydrogen-bond donors (Lipinski definition) is 2. The van der Waals surface area contributed by atoms with Crippen LogP contribution in [-0.4, -0.2) is 40.5 Å². The van der Waals surface area contributed by atoms with E-state index >= 15 is 0 Å². The fourth-order valence-electron chi connectivity index (χ4n) is 2.01. The van der Waals surface area contributed by atoms with Crippen molar-refractivity contribution in [3.63, 3.8) is 0 Å². The smallest absolute Gasteiger partial charge is 0.325 e. The second-order valence-corrected chi connectivity index (χ2v) is 5.41. The lowest BCUT2D eigenvalue weighted by Crippen LogP contribution is -2.50. The molecule has 1 saturated heterocycles. The van der Waals surface area contributed by atoms with Gasteiger partial charge in [-0.1, -0.05) is 23.2 Å². The molecule has 0 aliphatic carbocycles. The molecule has 102 valence electrons. The minimum atomic E-state index is -1.38. The molecular formula is C12H12Cl2N2O3. The van der Waals surface area contributed by atoms with E-state index in [1.165, 1.54) is 17.0 Å². The van der Waals surface area contributed by atoms with Crippen LogP contribution in [0.5, 0.6) is 0 Å². The Bertz CT molecular complexity index is 550. The van der Waals surface area contributed by atoms with Gasteiger partial charge in [0.1, 0.15) is 5.54 Å². The highest BCUT2D eigenvalue weighted by Crippen LogP contribution is 2.26. The zero-order valence-corrected chi connectivity index (χ0v) is 11.4. The number of likely N-dealkylation sites (tertiary alicyclic amines) is 1. The summed E-state index contributed by atoms with van der Waals surface area (Å²) in [6, 6.07) is 4.55. The molecule has 19 heavy (non-hydrogen) atoms. The molecule has 3 N–H and O–H groups in total. The maximum absolute atomic E-state index is 12.2. The number of carboxylic acid groups (broad SMARTS) is 1. The SMILES string of the molecule is NC1(C(=O)O)CCN(C(=O)c2ccc(Cl)cc2Cl)C1. The number of carboxylic acids is 1. The van der Waals surface area contributed by atoms with Crippen LogP contribution in [0.2, 0.25) is 10.0 Å². The van der Waals surface area contributed by atoms with Gasteiger partial charge in [0, 0.05) is 18.1 Å². The van der Waals surface area contributed by atoms with Gasteiger partial charge in [0.2, 0.25) is 0 Å². The number of nitrogens with zero attached hydrogens (tertiary/aromatic N) is 1. The average Bonchev–Trinajstić information content (AvgIpc) is 2.73. The second kappa shape index (κ2) is 5.00. The van der Waals surface area contributed by atoms with Crippen LogP contribution in [0.15, 0.2) is 18.2 Å². The summed E-state index contributed by atoms with van der Waals surface area (Å²) in [4.78, 5) is 24.7. The molecule has 1 atom stereocenters. The van der Waals surface area contributed by atoms with Crippen molar-refractivity contribution < 1.29 is 14.7 Å². The Morgan fingerprint density at radius 2 is 2.05 bits per heavy atom. The van der Waals surface area contributed by atoms with Gasteiger partial charge >= 0.3 is 5.97 Å². The molecule has 1 aromatic carbocycles. The number of nitrogens with two attached hydrogens (primary N) is 1. The molecule has 1 unspecified atom stereocenters. The molecule has 1 fully saturated rings. The molecule has 1 aliphatic heterocycles. The van der Waals surface area contributed by atoms with E-state index in [1.54, 1.807) is 6.07 Å². The number of carbonyl (C=O) groups is 2. The summed E-state index contributed by atoms with van der Waals surface area (Å²) in [7, 11) is 0. The van der Waals surface area contributed by atoms with Gasteiger partial charge in [0.25, 0.3) is 5.91 Å². The van der Waals surface area contributed by atoms with E-state index in [-0.39, 0.29) is 23.9 Å². The van der Waals surface area contributed by atoms with E-state index in [1.807, 2.05) is 0 Å². The summed E-state index contributed by atoms with van der Waals surface area (Å²) in [5, 5.41) is 9.70. The van der Waals surface area contributed by atoms with Crippen LogP contribution in [0.4, 0.5) is 0 Å². The summed E-state index contributed by atoms with van der Waals surface area (Å²) >= 11 is 11.7. The molecule has 1 aliphatic rings. The van der Waals surface area contributed by atoms with Gasteiger partial charge in [0.15, 0.2) is 0 Å². The molecule has 1 amide bonds. The first-order valence-corrected chi connectivity index (χ1v) is 6.36. The number of halogens is 2. The van der Waals surface area contributed by atoms with Gasteiger partial charge in [0.05, 0.1) is 10.6 Å². The molecule has 7 heteroatoms. The van der Waals surface area contributed by atoms with Gasteiger partial charge < -0.3 is 15.7 Å². The van der Waals surface area contributed by atoms with Crippen LogP contribution in [0.3, 0.4) is 0 Å². The Morgan fingerprint density at radius 3 is 2.58 bits per heavy atom. The Morgan fingerprint density at radius 1 is 1.37 bits per heavy atom. The normalized spacial score (nSPS) is 22.6.